The van der Waals surface area contributed by atoms with Crippen LogP contribution in [0.4, 0.5) is 5.69 Å². The number of thioether (sulfide) groups is 1. The Balaban J connectivity index is 1.45. The zero-order valence-electron chi connectivity index (χ0n) is 16.6. The van der Waals surface area contributed by atoms with Gasteiger partial charge in [-0.2, -0.15) is 0 Å². The Morgan fingerprint density at radius 1 is 0.900 bits per heavy atom. The fourth-order valence-electron chi connectivity index (χ4n) is 4.15. The molecule has 5 rings (SSSR count). The molecule has 1 amide bonds. The predicted octanol–water partition coefficient (Wildman–Crippen LogP) is 4.70. The van der Waals surface area contributed by atoms with Gasteiger partial charge in [0.15, 0.2) is 0 Å². The van der Waals surface area contributed by atoms with Gasteiger partial charge in [0.2, 0.25) is 5.91 Å². The Bertz CT molecular complexity index is 1100. The maximum Gasteiger partial charge on any atom is 0.249 e. The summed E-state index contributed by atoms with van der Waals surface area (Å²) in [4.78, 5) is 17.8. The quantitative estimate of drug-likeness (QED) is 0.585. The van der Waals surface area contributed by atoms with Gasteiger partial charge in [-0.1, -0.05) is 78.6 Å². The van der Waals surface area contributed by atoms with E-state index in [1.165, 1.54) is 0 Å². The van der Waals surface area contributed by atoms with E-state index >= 15 is 0 Å². The van der Waals surface area contributed by atoms with Crippen LogP contribution in [0.1, 0.15) is 22.7 Å². The van der Waals surface area contributed by atoms with Crippen LogP contribution in [0.5, 0.6) is 0 Å². The van der Waals surface area contributed by atoms with E-state index in [1.54, 1.807) is 0 Å². The molecule has 0 aromatic heterocycles. The molecule has 2 heterocycles. The van der Waals surface area contributed by atoms with E-state index in [2.05, 4.69) is 41.0 Å². The molecule has 2 aliphatic heterocycles. The zero-order valence-corrected chi connectivity index (χ0v) is 17.4. The molecule has 30 heavy (non-hydrogen) atoms. The molecule has 0 bridgehead atoms. The Morgan fingerprint density at radius 2 is 1.60 bits per heavy atom. The second kappa shape index (κ2) is 8.39. The van der Waals surface area contributed by atoms with E-state index < -0.39 is 0 Å². The fourth-order valence-corrected chi connectivity index (χ4v) is 5.25. The third kappa shape index (κ3) is 3.63. The van der Waals surface area contributed by atoms with Gasteiger partial charge in [0.1, 0.15) is 11.4 Å². The summed E-state index contributed by atoms with van der Waals surface area (Å²) >= 11 is 1.82. The number of hydrogen-bond acceptors (Lipinski definition) is 3. The van der Waals surface area contributed by atoms with Gasteiger partial charge in [-0.25, -0.2) is 0 Å². The number of hydrogen-bond donors (Lipinski definition) is 0. The molecule has 2 unspecified atom stereocenters. The minimum absolute atomic E-state index is 0.0175. The topological polar surface area (TPSA) is 23.6 Å². The van der Waals surface area contributed by atoms with Crippen LogP contribution >= 0.6 is 11.8 Å². The highest BCUT2D eigenvalue weighted by Gasteiger charge is 2.44. The van der Waals surface area contributed by atoms with Crippen LogP contribution in [0.3, 0.4) is 0 Å². The first-order chi connectivity index (χ1) is 14.8. The summed E-state index contributed by atoms with van der Waals surface area (Å²) in [5, 5.41) is 0.0175. The maximum absolute atomic E-state index is 13.6. The van der Waals surface area contributed by atoms with Crippen LogP contribution in [0.25, 0.3) is 0 Å². The molecule has 148 valence electrons. The van der Waals surface area contributed by atoms with Gasteiger partial charge in [-0.15, -0.1) is 11.8 Å². The highest BCUT2D eigenvalue weighted by Crippen LogP contribution is 2.43. The van der Waals surface area contributed by atoms with E-state index in [0.717, 1.165) is 34.7 Å². The summed E-state index contributed by atoms with van der Waals surface area (Å²) < 4.78 is 0. The van der Waals surface area contributed by atoms with Crippen molar-refractivity contribution in [2.24, 2.45) is 0 Å². The summed E-state index contributed by atoms with van der Waals surface area (Å²) in [7, 11) is 0. The molecule has 3 aromatic carbocycles. The van der Waals surface area contributed by atoms with Crippen molar-refractivity contribution in [2.75, 3.05) is 17.2 Å². The highest BCUT2D eigenvalue weighted by atomic mass is 32.2. The number of rotatable bonds is 3. The number of para-hydroxylation sites is 1. The molecule has 0 aliphatic carbocycles. The van der Waals surface area contributed by atoms with Gasteiger partial charge in [0.05, 0.1) is 6.54 Å². The number of carbonyl (C=O) groups is 1. The Hall–Kier alpha value is -3.00. The molecule has 3 aromatic rings. The van der Waals surface area contributed by atoms with Crippen molar-refractivity contribution >= 4 is 23.4 Å². The van der Waals surface area contributed by atoms with Crippen LogP contribution in [-0.4, -0.2) is 28.5 Å². The van der Waals surface area contributed by atoms with Crippen molar-refractivity contribution < 1.29 is 4.79 Å². The van der Waals surface area contributed by atoms with Crippen molar-refractivity contribution in [3.05, 3.63) is 102 Å². The number of amides is 1. The normalized spacial score (nSPS) is 20.7. The number of fused-ring (bicyclic) bond motifs is 1. The second-order valence-electron chi connectivity index (χ2n) is 7.47. The van der Waals surface area contributed by atoms with Crippen molar-refractivity contribution in [1.82, 2.24) is 4.90 Å². The summed E-state index contributed by atoms with van der Waals surface area (Å²) in [5.41, 5.74) is 4.25. The lowest BCUT2D eigenvalue weighted by atomic mass is 10.1. The standard InChI is InChI=1S/C26H22N2OS/c29-26-25(27-17-18-30-24(27)16-15-20-9-3-1-4-10-20)22-13-7-8-14-23(22)28(26)19-21-11-5-2-6-12-21/h1-14,24-25H,17-19H2. The van der Waals surface area contributed by atoms with Gasteiger partial charge >= 0.3 is 0 Å². The first-order valence-corrected chi connectivity index (χ1v) is 11.2. The minimum atomic E-state index is -0.269. The molecular weight excluding hydrogens is 388 g/mol. The van der Waals surface area contributed by atoms with Crippen molar-refractivity contribution in [3.63, 3.8) is 0 Å². The smallest absolute Gasteiger partial charge is 0.249 e. The second-order valence-corrected chi connectivity index (χ2v) is 8.66. The SMILES string of the molecule is O=C1C(N2CCSC2C#Cc2ccccc2)c2ccccc2N1Cc1ccccc1. The third-order valence-electron chi connectivity index (χ3n) is 5.58. The lowest BCUT2D eigenvalue weighted by Crippen LogP contribution is -2.39. The molecular formula is C26H22N2OS. The van der Waals surface area contributed by atoms with Crippen LogP contribution in [0, 0.1) is 11.8 Å². The molecule has 0 saturated carbocycles. The number of carbonyl (C=O) groups excluding carboxylic acids is 1. The van der Waals surface area contributed by atoms with Crippen molar-refractivity contribution in [3.8, 4) is 11.8 Å². The third-order valence-corrected chi connectivity index (χ3v) is 6.70. The number of benzene rings is 3. The van der Waals surface area contributed by atoms with Crippen molar-refractivity contribution in [2.45, 2.75) is 18.0 Å². The molecule has 4 heteroatoms. The van der Waals surface area contributed by atoms with Crippen LogP contribution in [0.15, 0.2) is 84.9 Å². The predicted molar refractivity (Wildman–Crippen MR) is 123 cm³/mol. The summed E-state index contributed by atoms with van der Waals surface area (Å²) in [5.74, 6) is 7.83. The highest BCUT2D eigenvalue weighted by molar-refractivity contribution is 8.00. The van der Waals surface area contributed by atoms with Crippen LogP contribution < -0.4 is 4.90 Å². The Labute approximate surface area is 181 Å². The average Bonchev–Trinajstić information content (AvgIpc) is 3.36. The Kier molecular flexibility index (Phi) is 5.31. The average molecular weight is 411 g/mol. The molecule has 0 spiro atoms. The van der Waals surface area contributed by atoms with Gasteiger partial charge in [-0.3, -0.25) is 9.69 Å². The maximum atomic E-state index is 13.6. The molecule has 3 nitrogen and oxygen atoms in total. The molecule has 2 atom stereocenters. The van der Waals surface area contributed by atoms with Gasteiger partial charge in [0, 0.05) is 29.1 Å². The monoisotopic (exact) mass is 410 g/mol. The number of nitrogens with zero attached hydrogens (tertiary/aromatic N) is 2. The lowest BCUT2D eigenvalue weighted by molar-refractivity contribution is -0.123. The van der Waals surface area contributed by atoms with E-state index in [9.17, 15) is 4.79 Å². The van der Waals surface area contributed by atoms with E-state index in [4.69, 9.17) is 0 Å². The summed E-state index contributed by atoms with van der Waals surface area (Å²) in [6.45, 7) is 1.46. The first kappa shape index (κ1) is 19.0. The lowest BCUT2D eigenvalue weighted by Gasteiger charge is -2.26. The molecule has 2 aliphatic rings. The fraction of sp³-hybridized carbons (Fsp3) is 0.192. The van der Waals surface area contributed by atoms with Crippen molar-refractivity contribution in [1.29, 1.82) is 0 Å². The Morgan fingerprint density at radius 3 is 2.40 bits per heavy atom. The van der Waals surface area contributed by atoms with E-state index in [0.29, 0.717) is 6.54 Å². The molecule has 0 N–H and O–H groups in total. The number of anilines is 1. The van der Waals surface area contributed by atoms with Gasteiger partial charge in [-0.05, 0) is 23.8 Å². The van der Waals surface area contributed by atoms with Gasteiger partial charge in [0.25, 0.3) is 0 Å². The van der Waals surface area contributed by atoms with Crippen LogP contribution in [0.2, 0.25) is 0 Å². The minimum Gasteiger partial charge on any atom is -0.306 e. The van der Waals surface area contributed by atoms with E-state index in [-0.39, 0.29) is 17.3 Å². The van der Waals surface area contributed by atoms with E-state index in [1.807, 2.05) is 77.3 Å². The largest absolute Gasteiger partial charge is 0.306 e. The summed E-state index contributed by atoms with van der Waals surface area (Å²) in [6.07, 6.45) is 0. The summed E-state index contributed by atoms with van der Waals surface area (Å²) in [6, 6.07) is 28.2. The molecule has 0 radical (unpaired) electrons. The molecule has 1 saturated heterocycles. The molecule has 1 fully saturated rings. The van der Waals surface area contributed by atoms with Crippen LogP contribution in [-0.2, 0) is 11.3 Å². The first-order valence-electron chi connectivity index (χ1n) is 10.2. The zero-order chi connectivity index (χ0) is 20.3. The van der Waals surface area contributed by atoms with Gasteiger partial charge < -0.3 is 4.90 Å².